The Bertz CT molecular complexity index is 402. The monoisotopic (exact) mass is 296 g/mol. The zero-order valence-electron chi connectivity index (χ0n) is 8.27. The highest BCUT2D eigenvalue weighted by molar-refractivity contribution is 9.10. The molecular weight excluding hydrogens is 289 g/mol. The molecule has 0 fully saturated rings. The molecule has 0 bridgehead atoms. The molecule has 1 aromatic carbocycles. The Kier molecular flexibility index (Phi) is 3.96. The van der Waals surface area contributed by atoms with Crippen LogP contribution >= 0.6 is 15.9 Å². The quantitative estimate of drug-likeness (QED) is 0.854. The topological polar surface area (TPSA) is 26.3 Å². The highest BCUT2D eigenvalue weighted by Gasteiger charge is 2.33. The molecule has 0 amide bonds. The maximum Gasteiger partial charge on any atom is 0.417 e. The first kappa shape index (κ1) is 13.0. The van der Waals surface area contributed by atoms with Gasteiger partial charge in [-0.1, -0.05) is 15.9 Å². The van der Waals surface area contributed by atoms with E-state index in [4.69, 9.17) is 4.74 Å². The summed E-state index contributed by atoms with van der Waals surface area (Å²) in [5.41, 5.74) is -0.825. The molecule has 16 heavy (non-hydrogen) atoms. The van der Waals surface area contributed by atoms with Gasteiger partial charge in [-0.15, -0.1) is 0 Å². The molecule has 0 aliphatic rings. The van der Waals surface area contributed by atoms with Gasteiger partial charge in [0, 0.05) is 4.47 Å². The van der Waals surface area contributed by atoms with Gasteiger partial charge in [0.25, 0.3) is 0 Å². The summed E-state index contributed by atoms with van der Waals surface area (Å²) >= 11 is 2.80. The van der Waals surface area contributed by atoms with E-state index in [1.165, 1.54) is 19.1 Å². The van der Waals surface area contributed by atoms with Crippen molar-refractivity contribution in [1.82, 2.24) is 0 Å². The van der Waals surface area contributed by atoms with Gasteiger partial charge in [-0.3, -0.25) is 4.79 Å². The number of alkyl halides is 3. The van der Waals surface area contributed by atoms with E-state index in [1.54, 1.807) is 0 Å². The van der Waals surface area contributed by atoms with Gasteiger partial charge in [0.15, 0.2) is 5.78 Å². The van der Waals surface area contributed by atoms with E-state index in [0.717, 1.165) is 6.07 Å². The average Bonchev–Trinajstić information content (AvgIpc) is 2.14. The van der Waals surface area contributed by atoms with Crippen molar-refractivity contribution in [3.05, 3.63) is 28.2 Å². The third-order valence-electron chi connectivity index (χ3n) is 1.69. The summed E-state index contributed by atoms with van der Waals surface area (Å²) in [5.74, 6) is -0.234. The van der Waals surface area contributed by atoms with Gasteiger partial charge in [-0.2, -0.15) is 13.2 Å². The lowest BCUT2D eigenvalue weighted by Gasteiger charge is -2.11. The van der Waals surface area contributed by atoms with Crippen molar-refractivity contribution < 1.29 is 22.7 Å². The molecule has 0 saturated heterocycles. The molecule has 6 heteroatoms. The first-order chi connectivity index (χ1) is 7.30. The number of Topliss-reactive ketones (excluding diaryl/α,β-unsaturated/α-hetero) is 1. The second-order valence-electron chi connectivity index (χ2n) is 3.13. The molecule has 88 valence electrons. The number of carbonyl (C=O) groups excluding carboxylic acids is 1. The first-order valence-electron chi connectivity index (χ1n) is 4.29. The fourth-order valence-electron chi connectivity index (χ4n) is 0.996. The van der Waals surface area contributed by atoms with Crippen molar-refractivity contribution in [2.75, 3.05) is 6.61 Å². The lowest BCUT2D eigenvalue weighted by atomic mass is 10.2. The summed E-state index contributed by atoms with van der Waals surface area (Å²) in [5, 5.41) is 0. The maximum atomic E-state index is 12.5. The van der Waals surface area contributed by atoms with Gasteiger partial charge in [-0.25, -0.2) is 0 Å². The number of hydrogen-bond acceptors (Lipinski definition) is 2. The number of benzene rings is 1. The van der Waals surface area contributed by atoms with Crippen LogP contribution in [0.25, 0.3) is 0 Å². The van der Waals surface area contributed by atoms with Crippen molar-refractivity contribution in [1.29, 1.82) is 0 Å². The van der Waals surface area contributed by atoms with E-state index in [9.17, 15) is 18.0 Å². The smallest absolute Gasteiger partial charge is 0.417 e. The van der Waals surface area contributed by atoms with Crippen LogP contribution in [0.1, 0.15) is 12.5 Å². The molecule has 1 rings (SSSR count). The molecule has 0 aromatic heterocycles. The molecule has 0 aliphatic carbocycles. The fraction of sp³-hybridized carbons (Fsp3) is 0.300. The third kappa shape index (κ3) is 3.52. The molecule has 0 radical (unpaired) electrons. The van der Waals surface area contributed by atoms with Crippen LogP contribution in [0, 0.1) is 0 Å². The number of hydrogen-bond donors (Lipinski definition) is 0. The summed E-state index contributed by atoms with van der Waals surface area (Å²) in [7, 11) is 0. The van der Waals surface area contributed by atoms with Crippen LogP contribution in [0.2, 0.25) is 0 Å². The van der Waals surface area contributed by atoms with E-state index >= 15 is 0 Å². The van der Waals surface area contributed by atoms with Crippen LogP contribution in [0.5, 0.6) is 5.75 Å². The molecule has 1 aromatic rings. The van der Waals surface area contributed by atoms with E-state index in [0.29, 0.717) is 0 Å². The summed E-state index contributed by atoms with van der Waals surface area (Å²) in [6.07, 6.45) is -4.45. The van der Waals surface area contributed by atoms with Gasteiger partial charge in [0.1, 0.15) is 12.4 Å². The van der Waals surface area contributed by atoms with Gasteiger partial charge >= 0.3 is 6.18 Å². The molecule has 0 saturated carbocycles. The average molecular weight is 297 g/mol. The fourth-order valence-corrected chi connectivity index (χ4v) is 1.47. The molecule has 0 N–H and O–H groups in total. The second-order valence-corrected chi connectivity index (χ2v) is 3.98. The summed E-state index contributed by atoms with van der Waals surface area (Å²) in [4.78, 5) is 10.6. The predicted octanol–water partition coefficient (Wildman–Crippen LogP) is 3.44. The normalized spacial score (nSPS) is 11.3. The number of carbonyl (C=O) groups is 1. The number of ketones is 1. The first-order valence-corrected chi connectivity index (χ1v) is 5.09. The van der Waals surface area contributed by atoms with Gasteiger partial charge in [0.2, 0.25) is 0 Å². The molecular formula is C10H8BrF3O2. The number of ether oxygens (including phenoxy) is 1. The highest BCUT2D eigenvalue weighted by Crippen LogP contribution is 2.36. The van der Waals surface area contributed by atoms with Gasteiger partial charge in [-0.05, 0) is 25.1 Å². The lowest BCUT2D eigenvalue weighted by Crippen LogP contribution is -2.09. The molecule has 0 unspecified atom stereocenters. The summed E-state index contributed by atoms with van der Waals surface area (Å²) < 4.78 is 42.3. The van der Waals surface area contributed by atoms with Crippen LogP contribution in [-0.4, -0.2) is 12.4 Å². The van der Waals surface area contributed by atoms with E-state index in [2.05, 4.69) is 15.9 Å². The maximum absolute atomic E-state index is 12.5. The number of rotatable bonds is 3. The van der Waals surface area contributed by atoms with Crippen LogP contribution in [0.15, 0.2) is 22.7 Å². The minimum Gasteiger partial charge on any atom is -0.486 e. The largest absolute Gasteiger partial charge is 0.486 e. The summed E-state index contributed by atoms with van der Waals surface area (Å²) in [6, 6.07) is 3.45. The van der Waals surface area contributed by atoms with Gasteiger partial charge < -0.3 is 4.74 Å². The SMILES string of the molecule is CC(=O)COc1ccc(Br)c(C(F)(F)F)c1. The second kappa shape index (κ2) is 4.86. The number of halogens is 4. The predicted molar refractivity (Wildman–Crippen MR) is 55.3 cm³/mol. The van der Waals surface area contributed by atoms with E-state index < -0.39 is 11.7 Å². The van der Waals surface area contributed by atoms with Gasteiger partial charge in [0.05, 0.1) is 5.56 Å². The molecule has 2 nitrogen and oxygen atoms in total. The van der Waals surface area contributed by atoms with E-state index in [1.807, 2.05) is 0 Å². The Balaban J connectivity index is 2.94. The zero-order chi connectivity index (χ0) is 12.3. The molecule has 0 aliphatic heterocycles. The van der Waals surface area contributed by atoms with Crippen LogP contribution in [-0.2, 0) is 11.0 Å². The Labute approximate surface area is 98.5 Å². The Hall–Kier alpha value is -1.04. The van der Waals surface area contributed by atoms with Crippen LogP contribution < -0.4 is 4.74 Å². The van der Waals surface area contributed by atoms with Crippen molar-refractivity contribution in [3.63, 3.8) is 0 Å². The zero-order valence-corrected chi connectivity index (χ0v) is 9.85. The van der Waals surface area contributed by atoms with Crippen LogP contribution in [0.3, 0.4) is 0 Å². The van der Waals surface area contributed by atoms with Crippen molar-refractivity contribution in [2.24, 2.45) is 0 Å². The Morgan fingerprint density at radius 2 is 2.06 bits per heavy atom. The highest BCUT2D eigenvalue weighted by atomic mass is 79.9. The molecule has 0 atom stereocenters. The molecule has 0 heterocycles. The lowest BCUT2D eigenvalue weighted by molar-refractivity contribution is -0.138. The third-order valence-corrected chi connectivity index (χ3v) is 2.38. The molecule has 0 spiro atoms. The minimum atomic E-state index is -4.45. The standard InChI is InChI=1S/C10H8BrF3O2/c1-6(15)5-16-7-2-3-9(11)8(4-7)10(12,13)14/h2-4H,5H2,1H3. The van der Waals surface area contributed by atoms with E-state index in [-0.39, 0.29) is 22.6 Å². The Morgan fingerprint density at radius 3 is 2.56 bits per heavy atom. The van der Waals surface area contributed by atoms with Crippen molar-refractivity contribution in [3.8, 4) is 5.75 Å². The van der Waals surface area contributed by atoms with Crippen molar-refractivity contribution in [2.45, 2.75) is 13.1 Å². The Morgan fingerprint density at radius 1 is 1.44 bits per heavy atom. The van der Waals surface area contributed by atoms with Crippen LogP contribution in [0.4, 0.5) is 13.2 Å². The summed E-state index contributed by atoms with van der Waals surface area (Å²) in [6.45, 7) is 1.06. The minimum absolute atomic E-state index is 0.0192. The van der Waals surface area contributed by atoms with Crippen molar-refractivity contribution >= 4 is 21.7 Å².